The highest BCUT2D eigenvalue weighted by Crippen LogP contribution is 2.21. The van der Waals surface area contributed by atoms with E-state index in [4.69, 9.17) is 17.0 Å². The van der Waals surface area contributed by atoms with Crippen molar-refractivity contribution in [2.45, 2.75) is 13.0 Å². The summed E-state index contributed by atoms with van der Waals surface area (Å²) in [6.07, 6.45) is 0. The lowest BCUT2D eigenvalue weighted by molar-refractivity contribution is 0.348. The number of nitrogens with zero attached hydrogens (tertiary/aromatic N) is 2. The maximum absolute atomic E-state index is 13.7. The summed E-state index contributed by atoms with van der Waals surface area (Å²) in [5, 5.41) is 3.44. The number of rotatable bonds is 2. The maximum atomic E-state index is 13.7. The molecule has 1 aliphatic rings. The van der Waals surface area contributed by atoms with Crippen LogP contribution in [0.2, 0.25) is 0 Å². The Hall–Kier alpha value is -1.69. The van der Waals surface area contributed by atoms with E-state index < -0.39 is 0 Å². The van der Waals surface area contributed by atoms with Gasteiger partial charge >= 0.3 is 0 Å². The summed E-state index contributed by atoms with van der Waals surface area (Å²) >= 11 is 5.17. The zero-order valence-corrected chi connectivity index (χ0v) is 11.7. The zero-order valence-electron chi connectivity index (χ0n) is 10.9. The minimum Gasteiger partial charge on any atom is -0.463 e. The Morgan fingerprint density at radius 2 is 2.26 bits per heavy atom. The molecule has 102 valence electrons. The van der Waals surface area contributed by atoms with Crippen LogP contribution in [-0.4, -0.2) is 36.2 Å². The first-order chi connectivity index (χ1) is 9.13. The Morgan fingerprint density at radius 3 is 2.95 bits per heavy atom. The fourth-order valence-corrected chi connectivity index (χ4v) is 2.05. The molecule has 0 amide bonds. The summed E-state index contributed by atoms with van der Waals surface area (Å²) < 4.78 is 19.1. The van der Waals surface area contributed by atoms with E-state index in [0.717, 1.165) is 0 Å². The molecule has 2 rings (SSSR count). The molecule has 0 bridgehead atoms. The van der Waals surface area contributed by atoms with E-state index in [0.29, 0.717) is 29.8 Å². The second-order valence-corrected chi connectivity index (χ2v) is 4.55. The standard InChI is InChI=1S/C13H16FN3OS/c1-9(10-5-3-4-6-11(10)14)16-12-17(7-8-18-12)13(19)15-2/h3-6,9H,7-8H2,1-2H3,(H,15,19)/t9-/m0/s1. The van der Waals surface area contributed by atoms with Crippen molar-refractivity contribution in [3.8, 4) is 0 Å². The Bertz CT molecular complexity index is 506. The molecule has 1 saturated heterocycles. The SMILES string of the molecule is CNC(=S)N1CCOC1=N[C@@H](C)c1ccccc1F. The van der Waals surface area contributed by atoms with Crippen molar-refractivity contribution in [1.82, 2.24) is 10.2 Å². The van der Waals surface area contributed by atoms with E-state index in [2.05, 4.69) is 10.3 Å². The van der Waals surface area contributed by atoms with Gasteiger partial charge < -0.3 is 10.1 Å². The predicted molar refractivity (Wildman–Crippen MR) is 76.6 cm³/mol. The Balaban J connectivity index is 2.21. The summed E-state index contributed by atoms with van der Waals surface area (Å²) in [7, 11) is 1.75. The monoisotopic (exact) mass is 281 g/mol. The van der Waals surface area contributed by atoms with Crippen LogP contribution < -0.4 is 5.32 Å². The quantitative estimate of drug-likeness (QED) is 0.842. The lowest BCUT2D eigenvalue weighted by atomic mass is 10.1. The van der Waals surface area contributed by atoms with Crippen LogP contribution in [-0.2, 0) is 4.74 Å². The number of thiocarbonyl (C=S) groups is 1. The van der Waals surface area contributed by atoms with Crippen molar-refractivity contribution in [2.75, 3.05) is 20.2 Å². The van der Waals surface area contributed by atoms with Crippen LogP contribution in [0.3, 0.4) is 0 Å². The number of amidine groups is 1. The predicted octanol–water partition coefficient (Wildman–Crippen LogP) is 2.08. The van der Waals surface area contributed by atoms with Crippen LogP contribution in [0.15, 0.2) is 29.3 Å². The minimum atomic E-state index is -0.323. The van der Waals surface area contributed by atoms with Gasteiger partial charge in [0, 0.05) is 12.6 Å². The average Bonchev–Trinajstić information content (AvgIpc) is 2.86. The summed E-state index contributed by atoms with van der Waals surface area (Å²) in [6, 6.07) is 6.72. The average molecular weight is 281 g/mol. The number of nitrogens with one attached hydrogen (secondary N) is 1. The van der Waals surface area contributed by atoms with Crippen molar-refractivity contribution in [2.24, 2.45) is 4.99 Å². The Kier molecular flexibility index (Phi) is 4.31. The lowest BCUT2D eigenvalue weighted by Crippen LogP contribution is -2.39. The van der Waals surface area contributed by atoms with Crippen molar-refractivity contribution < 1.29 is 9.13 Å². The minimum absolute atomic E-state index is 0.264. The molecule has 19 heavy (non-hydrogen) atoms. The normalized spacial score (nSPS) is 18.3. The second kappa shape index (κ2) is 5.97. The van der Waals surface area contributed by atoms with Gasteiger partial charge in [0.2, 0.25) is 0 Å². The second-order valence-electron chi connectivity index (χ2n) is 4.16. The molecule has 4 nitrogen and oxygen atoms in total. The number of ether oxygens (including phenoxy) is 1. The first-order valence-corrected chi connectivity index (χ1v) is 6.48. The van der Waals surface area contributed by atoms with Crippen LogP contribution in [0.5, 0.6) is 0 Å². The van der Waals surface area contributed by atoms with Crippen LogP contribution in [0.25, 0.3) is 0 Å². The maximum Gasteiger partial charge on any atom is 0.294 e. The highest BCUT2D eigenvalue weighted by atomic mass is 32.1. The van der Waals surface area contributed by atoms with Crippen LogP contribution >= 0.6 is 12.2 Å². The first-order valence-electron chi connectivity index (χ1n) is 6.07. The summed E-state index contributed by atoms with van der Waals surface area (Å²) in [5.74, 6) is -0.264. The summed E-state index contributed by atoms with van der Waals surface area (Å²) in [5.41, 5.74) is 0.542. The van der Waals surface area contributed by atoms with Gasteiger partial charge in [-0.1, -0.05) is 18.2 Å². The third kappa shape index (κ3) is 3.01. The molecule has 1 atom stereocenters. The number of aliphatic imine (C=N–C) groups is 1. The van der Waals surface area contributed by atoms with Crippen LogP contribution in [0.1, 0.15) is 18.5 Å². The molecule has 1 aliphatic heterocycles. The smallest absolute Gasteiger partial charge is 0.294 e. The highest BCUT2D eigenvalue weighted by Gasteiger charge is 2.24. The molecule has 1 fully saturated rings. The summed E-state index contributed by atoms with van der Waals surface area (Å²) in [6.45, 7) is 3.01. The molecule has 1 aromatic rings. The Labute approximate surface area is 117 Å². The number of halogens is 1. The topological polar surface area (TPSA) is 36.9 Å². The Morgan fingerprint density at radius 1 is 1.53 bits per heavy atom. The third-order valence-corrected chi connectivity index (χ3v) is 3.32. The molecule has 0 saturated carbocycles. The van der Waals surface area contributed by atoms with Crippen molar-refractivity contribution in [1.29, 1.82) is 0 Å². The number of benzene rings is 1. The molecule has 0 unspecified atom stereocenters. The lowest BCUT2D eigenvalue weighted by Gasteiger charge is -2.17. The van der Waals surface area contributed by atoms with E-state index in [-0.39, 0.29) is 11.9 Å². The van der Waals surface area contributed by atoms with Crippen molar-refractivity contribution in [3.63, 3.8) is 0 Å². The molecule has 0 aromatic heterocycles. The van der Waals surface area contributed by atoms with E-state index in [9.17, 15) is 4.39 Å². The molecule has 0 radical (unpaired) electrons. The van der Waals surface area contributed by atoms with Gasteiger partial charge in [-0.05, 0) is 25.2 Å². The molecular weight excluding hydrogens is 265 g/mol. The van der Waals surface area contributed by atoms with Gasteiger partial charge in [-0.15, -0.1) is 0 Å². The molecule has 1 aromatic carbocycles. The van der Waals surface area contributed by atoms with Gasteiger partial charge in [0.05, 0.1) is 12.6 Å². The highest BCUT2D eigenvalue weighted by molar-refractivity contribution is 7.80. The van der Waals surface area contributed by atoms with Crippen molar-refractivity contribution in [3.05, 3.63) is 35.6 Å². The zero-order chi connectivity index (χ0) is 13.8. The molecule has 6 heteroatoms. The molecular formula is C13H16FN3OS. The van der Waals surface area contributed by atoms with Gasteiger partial charge in [0.1, 0.15) is 12.4 Å². The fourth-order valence-electron chi connectivity index (χ4n) is 1.88. The van der Waals surface area contributed by atoms with Gasteiger partial charge in [-0.25, -0.2) is 9.38 Å². The molecule has 1 heterocycles. The van der Waals surface area contributed by atoms with E-state index in [1.54, 1.807) is 30.1 Å². The molecule has 0 aliphatic carbocycles. The number of hydrogen-bond donors (Lipinski definition) is 1. The fraction of sp³-hybridized carbons (Fsp3) is 0.385. The number of hydrogen-bond acceptors (Lipinski definition) is 3. The summed E-state index contributed by atoms with van der Waals surface area (Å²) in [4.78, 5) is 6.18. The van der Waals surface area contributed by atoms with Gasteiger partial charge in [-0.2, -0.15) is 0 Å². The first kappa shape index (κ1) is 13.7. The van der Waals surface area contributed by atoms with E-state index >= 15 is 0 Å². The van der Waals surface area contributed by atoms with Gasteiger partial charge in [0.25, 0.3) is 6.02 Å². The third-order valence-electron chi connectivity index (χ3n) is 2.90. The largest absolute Gasteiger partial charge is 0.463 e. The van der Waals surface area contributed by atoms with E-state index in [1.165, 1.54) is 6.07 Å². The molecule has 1 N–H and O–H groups in total. The van der Waals surface area contributed by atoms with Gasteiger partial charge in [-0.3, -0.25) is 4.90 Å². The van der Waals surface area contributed by atoms with Gasteiger partial charge in [0.15, 0.2) is 5.11 Å². The van der Waals surface area contributed by atoms with Crippen molar-refractivity contribution >= 4 is 23.4 Å². The van der Waals surface area contributed by atoms with Crippen LogP contribution in [0, 0.1) is 5.82 Å². The van der Waals surface area contributed by atoms with Crippen LogP contribution in [0.4, 0.5) is 4.39 Å². The van der Waals surface area contributed by atoms with E-state index in [1.807, 2.05) is 6.92 Å². The molecule has 0 spiro atoms.